The Balaban J connectivity index is 4.43. The normalized spacial score (nSPS) is 12.4. The van der Waals surface area contributed by atoms with Gasteiger partial charge in [-0.1, -0.05) is 268 Å². The molecule has 0 spiro atoms. The number of esters is 3. The summed E-state index contributed by atoms with van der Waals surface area (Å²) < 4.78 is 16.9. The van der Waals surface area contributed by atoms with Gasteiger partial charge < -0.3 is 14.2 Å². The zero-order valence-electron chi connectivity index (χ0n) is 46.5. The van der Waals surface area contributed by atoms with Gasteiger partial charge in [0, 0.05) is 19.3 Å². The highest BCUT2D eigenvalue weighted by Crippen LogP contribution is 2.16. The molecule has 0 radical (unpaired) electrons. The summed E-state index contributed by atoms with van der Waals surface area (Å²) in [6.07, 6.45) is 73.6. The van der Waals surface area contributed by atoms with E-state index < -0.39 is 6.10 Å². The van der Waals surface area contributed by atoms with Gasteiger partial charge in [0.1, 0.15) is 13.2 Å². The van der Waals surface area contributed by atoms with E-state index >= 15 is 0 Å². The number of allylic oxidation sites excluding steroid dienone is 10. The van der Waals surface area contributed by atoms with Gasteiger partial charge in [-0.3, -0.25) is 14.4 Å². The zero-order valence-corrected chi connectivity index (χ0v) is 46.5. The van der Waals surface area contributed by atoms with Crippen LogP contribution in [-0.4, -0.2) is 37.2 Å². The molecule has 0 saturated heterocycles. The van der Waals surface area contributed by atoms with Gasteiger partial charge in [0.05, 0.1) is 0 Å². The fraction of sp³-hybridized carbons (Fsp3) is 0.797. The van der Waals surface area contributed by atoms with Crippen molar-refractivity contribution >= 4 is 17.9 Å². The van der Waals surface area contributed by atoms with Crippen LogP contribution in [0.1, 0.15) is 310 Å². The molecule has 0 heterocycles. The molecule has 0 N–H and O–H groups in total. The number of ether oxygens (including phenoxy) is 3. The SMILES string of the molecule is CCCCC/C=C\C/C=C\C/C=C\C/C=C\CCCC(=O)OC(COC(=O)CCCCCCCCC/C=C\CCCCCCCCCC)COC(=O)CCCCCCCCCCCCCCCCCC. The van der Waals surface area contributed by atoms with Crippen LogP contribution in [0, 0.1) is 0 Å². The van der Waals surface area contributed by atoms with E-state index in [0.29, 0.717) is 19.3 Å². The van der Waals surface area contributed by atoms with Crippen LogP contribution in [0.5, 0.6) is 0 Å². The van der Waals surface area contributed by atoms with Crippen molar-refractivity contribution in [3.8, 4) is 0 Å². The number of hydrogen-bond donors (Lipinski definition) is 0. The minimum absolute atomic E-state index is 0.0943. The van der Waals surface area contributed by atoms with Crippen LogP contribution in [0.15, 0.2) is 60.8 Å². The van der Waals surface area contributed by atoms with Gasteiger partial charge in [0.15, 0.2) is 6.10 Å². The third kappa shape index (κ3) is 56.0. The summed E-state index contributed by atoms with van der Waals surface area (Å²) in [5.41, 5.74) is 0. The van der Waals surface area contributed by atoms with Gasteiger partial charge >= 0.3 is 17.9 Å². The Hall–Kier alpha value is -2.89. The van der Waals surface area contributed by atoms with E-state index in [4.69, 9.17) is 14.2 Å². The van der Waals surface area contributed by atoms with Crippen molar-refractivity contribution in [3.05, 3.63) is 60.8 Å². The average molecular weight is 980 g/mol. The maximum absolute atomic E-state index is 12.8. The predicted octanol–water partition coefficient (Wildman–Crippen LogP) is 20.4. The lowest BCUT2D eigenvalue weighted by molar-refractivity contribution is -0.167. The summed E-state index contributed by atoms with van der Waals surface area (Å²) in [6, 6.07) is 0. The minimum Gasteiger partial charge on any atom is -0.462 e. The molecule has 0 amide bonds. The van der Waals surface area contributed by atoms with Crippen LogP contribution in [0.3, 0.4) is 0 Å². The van der Waals surface area contributed by atoms with E-state index in [1.807, 2.05) is 0 Å². The van der Waals surface area contributed by atoms with Crippen molar-refractivity contribution < 1.29 is 28.6 Å². The molecule has 0 saturated carbocycles. The summed E-state index contributed by atoms with van der Waals surface area (Å²) in [5, 5.41) is 0. The molecular formula is C64H114O6. The molecule has 6 nitrogen and oxygen atoms in total. The lowest BCUT2D eigenvalue weighted by Gasteiger charge is -2.18. The Morgan fingerprint density at radius 2 is 0.529 bits per heavy atom. The van der Waals surface area contributed by atoms with Crippen molar-refractivity contribution in [2.24, 2.45) is 0 Å². The molecule has 0 aromatic rings. The Labute approximate surface area is 434 Å². The number of unbranched alkanes of at least 4 members (excludes halogenated alkanes) is 34. The first-order valence-corrected chi connectivity index (χ1v) is 30.3. The third-order valence-corrected chi connectivity index (χ3v) is 13.2. The summed E-state index contributed by atoms with van der Waals surface area (Å²) in [6.45, 7) is 6.60. The van der Waals surface area contributed by atoms with E-state index in [1.165, 1.54) is 199 Å². The standard InChI is InChI=1S/C64H114O6/c1-4-7-10-13-16-19-22-25-28-31-32-34-36-39-42-45-48-51-54-57-63(66)69-60-61(59-68-62(65)56-53-50-47-44-41-38-35-30-27-24-21-18-15-12-9-6-3)70-64(67)58-55-52-49-46-43-40-37-33-29-26-23-20-17-14-11-8-5-2/h17,20,26,29,31-32,37,40,46,49,61H,4-16,18-19,21-25,27-28,30,33-36,38-39,41-45,47-48,50-60H2,1-3H3/b20-17-,29-26-,32-31-,40-37-,49-46-. The fourth-order valence-corrected chi connectivity index (χ4v) is 8.67. The maximum atomic E-state index is 12.8. The molecule has 0 aromatic carbocycles. The van der Waals surface area contributed by atoms with Crippen molar-refractivity contribution in [2.45, 2.75) is 316 Å². The van der Waals surface area contributed by atoms with Crippen molar-refractivity contribution in [1.82, 2.24) is 0 Å². The molecular weight excluding hydrogens is 865 g/mol. The molecule has 70 heavy (non-hydrogen) atoms. The average Bonchev–Trinajstić information content (AvgIpc) is 3.36. The molecule has 0 aliphatic heterocycles. The molecule has 0 rings (SSSR count). The highest BCUT2D eigenvalue weighted by atomic mass is 16.6. The first-order chi connectivity index (χ1) is 34.5. The van der Waals surface area contributed by atoms with Crippen molar-refractivity contribution in [2.75, 3.05) is 13.2 Å². The van der Waals surface area contributed by atoms with Gasteiger partial charge in [-0.15, -0.1) is 0 Å². The topological polar surface area (TPSA) is 78.9 Å². The van der Waals surface area contributed by atoms with Gasteiger partial charge in [-0.2, -0.15) is 0 Å². The first-order valence-electron chi connectivity index (χ1n) is 30.3. The van der Waals surface area contributed by atoms with E-state index in [0.717, 1.165) is 64.2 Å². The predicted molar refractivity (Wildman–Crippen MR) is 302 cm³/mol. The molecule has 0 aliphatic rings. The molecule has 1 atom stereocenters. The minimum atomic E-state index is -0.803. The van der Waals surface area contributed by atoms with Crippen LogP contribution in [0.25, 0.3) is 0 Å². The van der Waals surface area contributed by atoms with Gasteiger partial charge in [0.25, 0.3) is 0 Å². The highest BCUT2D eigenvalue weighted by Gasteiger charge is 2.19. The quantitative estimate of drug-likeness (QED) is 0.0261. The number of carbonyl (C=O) groups is 3. The number of hydrogen-bond acceptors (Lipinski definition) is 6. The van der Waals surface area contributed by atoms with Crippen molar-refractivity contribution in [3.63, 3.8) is 0 Å². The second kappa shape index (κ2) is 58.7. The van der Waals surface area contributed by atoms with E-state index in [9.17, 15) is 14.4 Å². The van der Waals surface area contributed by atoms with Crippen LogP contribution in [0.4, 0.5) is 0 Å². The number of carbonyl (C=O) groups excluding carboxylic acids is 3. The van der Waals surface area contributed by atoms with Crippen LogP contribution < -0.4 is 0 Å². The second-order valence-corrected chi connectivity index (χ2v) is 20.3. The summed E-state index contributed by atoms with van der Waals surface area (Å²) in [5.74, 6) is -0.940. The first kappa shape index (κ1) is 67.1. The highest BCUT2D eigenvalue weighted by molar-refractivity contribution is 5.71. The lowest BCUT2D eigenvalue weighted by atomic mass is 10.0. The van der Waals surface area contributed by atoms with E-state index in [-0.39, 0.29) is 37.5 Å². The Morgan fingerprint density at radius 3 is 0.886 bits per heavy atom. The van der Waals surface area contributed by atoms with Gasteiger partial charge in [0.2, 0.25) is 0 Å². The van der Waals surface area contributed by atoms with E-state index in [2.05, 4.69) is 81.5 Å². The summed E-state index contributed by atoms with van der Waals surface area (Å²) >= 11 is 0. The second-order valence-electron chi connectivity index (χ2n) is 20.3. The number of rotatable bonds is 55. The Kier molecular flexibility index (Phi) is 56.3. The van der Waals surface area contributed by atoms with Crippen molar-refractivity contribution in [1.29, 1.82) is 0 Å². The zero-order chi connectivity index (χ0) is 50.7. The lowest BCUT2D eigenvalue weighted by Crippen LogP contribution is -2.30. The fourth-order valence-electron chi connectivity index (χ4n) is 8.67. The third-order valence-electron chi connectivity index (χ3n) is 13.2. The maximum Gasteiger partial charge on any atom is 0.306 e. The molecule has 0 aliphatic carbocycles. The molecule has 0 bridgehead atoms. The van der Waals surface area contributed by atoms with Crippen LogP contribution in [0.2, 0.25) is 0 Å². The largest absolute Gasteiger partial charge is 0.462 e. The monoisotopic (exact) mass is 979 g/mol. The molecule has 0 fully saturated rings. The molecule has 1 unspecified atom stereocenters. The smallest absolute Gasteiger partial charge is 0.306 e. The van der Waals surface area contributed by atoms with Crippen LogP contribution in [-0.2, 0) is 28.6 Å². The molecule has 6 heteroatoms. The van der Waals surface area contributed by atoms with Gasteiger partial charge in [-0.05, 0) is 83.5 Å². The van der Waals surface area contributed by atoms with Gasteiger partial charge in [-0.25, -0.2) is 0 Å². The van der Waals surface area contributed by atoms with Crippen LogP contribution >= 0.6 is 0 Å². The molecule has 406 valence electrons. The summed E-state index contributed by atoms with van der Waals surface area (Å²) in [7, 11) is 0. The summed E-state index contributed by atoms with van der Waals surface area (Å²) in [4.78, 5) is 38.2. The Morgan fingerprint density at radius 1 is 0.286 bits per heavy atom. The molecule has 0 aromatic heterocycles. The van der Waals surface area contributed by atoms with E-state index in [1.54, 1.807) is 0 Å². The Bertz CT molecular complexity index is 1260.